The van der Waals surface area contributed by atoms with Crippen molar-refractivity contribution in [3.8, 4) is 28.4 Å². The van der Waals surface area contributed by atoms with Gasteiger partial charge >= 0.3 is 6.03 Å². The molecule has 0 radical (unpaired) electrons. The minimum atomic E-state index is -1.18. The molecule has 226 valence electrons. The molecule has 5 aromatic rings. The molecular formula is C37H33N3O5. The van der Waals surface area contributed by atoms with Crippen molar-refractivity contribution in [1.82, 2.24) is 15.2 Å². The molecule has 0 spiro atoms. The van der Waals surface area contributed by atoms with Crippen LogP contribution in [0, 0.1) is 6.92 Å². The molecule has 2 aliphatic rings. The van der Waals surface area contributed by atoms with Crippen molar-refractivity contribution in [1.29, 1.82) is 0 Å². The Balaban J connectivity index is 1.03. The number of hydrogen-bond acceptors (Lipinski definition) is 6. The summed E-state index contributed by atoms with van der Waals surface area (Å²) >= 11 is 0. The molecule has 4 aromatic carbocycles. The number of fused-ring (bicyclic) bond motifs is 2. The highest BCUT2D eigenvalue weighted by Crippen LogP contribution is 2.38. The molecule has 3 amide bonds. The predicted octanol–water partition coefficient (Wildman–Crippen LogP) is 6.77. The van der Waals surface area contributed by atoms with E-state index in [1.54, 1.807) is 25.1 Å². The van der Waals surface area contributed by atoms with E-state index in [4.69, 9.17) is 19.2 Å². The Hall–Kier alpha value is -5.37. The Morgan fingerprint density at radius 3 is 2.56 bits per heavy atom. The van der Waals surface area contributed by atoms with Crippen molar-refractivity contribution < 1.29 is 23.8 Å². The van der Waals surface area contributed by atoms with Crippen molar-refractivity contribution in [2.75, 3.05) is 19.9 Å². The SMILES string of the molecule is Cc1cccc2c(-c3ccc(OCCCN4C(=O)NC(C)(c5ccc6c(c5)OCO6)C4=O)cc3)c(Cc3ccccc3)cnc12. The van der Waals surface area contributed by atoms with Gasteiger partial charge in [-0.05, 0) is 84.3 Å². The summed E-state index contributed by atoms with van der Waals surface area (Å²) in [5.74, 6) is 1.61. The maximum atomic E-state index is 13.4. The van der Waals surface area contributed by atoms with E-state index in [-0.39, 0.29) is 19.2 Å². The van der Waals surface area contributed by atoms with Crippen LogP contribution in [-0.4, -0.2) is 41.8 Å². The van der Waals surface area contributed by atoms with E-state index in [1.165, 1.54) is 16.0 Å². The van der Waals surface area contributed by atoms with E-state index < -0.39 is 11.6 Å². The molecule has 0 aliphatic carbocycles. The van der Waals surface area contributed by atoms with E-state index >= 15 is 0 Å². The van der Waals surface area contributed by atoms with Crippen LogP contribution in [0.3, 0.4) is 0 Å². The number of carbonyl (C=O) groups is 2. The van der Waals surface area contributed by atoms with Crippen LogP contribution in [0.1, 0.15) is 35.6 Å². The molecule has 1 unspecified atom stereocenters. The van der Waals surface area contributed by atoms with Gasteiger partial charge in [-0.2, -0.15) is 0 Å². The van der Waals surface area contributed by atoms with E-state index in [2.05, 4.69) is 66.8 Å². The zero-order valence-electron chi connectivity index (χ0n) is 25.2. The predicted molar refractivity (Wildman–Crippen MR) is 171 cm³/mol. The van der Waals surface area contributed by atoms with Crippen molar-refractivity contribution in [3.63, 3.8) is 0 Å². The van der Waals surface area contributed by atoms with E-state index in [0.717, 1.165) is 39.8 Å². The molecule has 1 aromatic heterocycles. The maximum Gasteiger partial charge on any atom is 0.325 e. The lowest BCUT2D eigenvalue weighted by Gasteiger charge is -2.22. The number of carbonyl (C=O) groups excluding carboxylic acids is 2. The lowest BCUT2D eigenvalue weighted by Crippen LogP contribution is -2.41. The van der Waals surface area contributed by atoms with Crippen LogP contribution in [0.2, 0.25) is 0 Å². The fraction of sp³-hybridized carbons (Fsp3) is 0.216. The molecule has 2 aliphatic heterocycles. The minimum Gasteiger partial charge on any atom is -0.494 e. The quantitative estimate of drug-likeness (QED) is 0.149. The minimum absolute atomic E-state index is 0.139. The van der Waals surface area contributed by atoms with E-state index in [0.29, 0.717) is 30.1 Å². The number of nitrogens with one attached hydrogen (secondary N) is 1. The third-order valence-electron chi connectivity index (χ3n) is 8.58. The first-order chi connectivity index (χ1) is 21.9. The average molecular weight is 600 g/mol. The number of amides is 3. The van der Waals surface area contributed by atoms with Crippen LogP contribution >= 0.6 is 0 Å². The number of aromatic nitrogens is 1. The first kappa shape index (κ1) is 28.4. The summed E-state index contributed by atoms with van der Waals surface area (Å²) in [7, 11) is 0. The number of benzene rings is 4. The van der Waals surface area contributed by atoms with Gasteiger partial charge in [-0.1, -0.05) is 66.7 Å². The monoisotopic (exact) mass is 599 g/mol. The average Bonchev–Trinajstić information content (AvgIpc) is 3.62. The van der Waals surface area contributed by atoms with Crippen molar-refractivity contribution in [3.05, 3.63) is 119 Å². The standard InChI is InChI=1S/C37H33N3O5/c1-24-8-6-11-30-33(27(22-38-34(24)30)20-25-9-4-3-5-10-25)26-12-15-29(16-13-26)43-19-7-18-40-35(41)37(2,39-36(40)42)28-14-17-31-32(21-28)45-23-44-31/h3-6,8-17,21-22H,7,18-20,23H2,1-2H3,(H,39,42). The van der Waals surface area contributed by atoms with Crippen LogP contribution in [0.25, 0.3) is 22.0 Å². The molecule has 7 rings (SSSR count). The summed E-state index contributed by atoms with van der Waals surface area (Å²) in [5, 5.41) is 3.97. The van der Waals surface area contributed by atoms with Crippen LogP contribution in [-0.2, 0) is 16.8 Å². The van der Waals surface area contributed by atoms with E-state index in [1.807, 2.05) is 24.4 Å². The van der Waals surface area contributed by atoms with Crippen molar-refractivity contribution in [2.45, 2.75) is 32.2 Å². The molecular weight excluding hydrogens is 566 g/mol. The van der Waals surface area contributed by atoms with Gasteiger partial charge in [-0.3, -0.25) is 14.7 Å². The number of rotatable bonds is 9. The Labute approximate surface area is 261 Å². The van der Waals surface area contributed by atoms with Crippen molar-refractivity contribution >= 4 is 22.8 Å². The van der Waals surface area contributed by atoms with Gasteiger partial charge in [0.25, 0.3) is 5.91 Å². The van der Waals surface area contributed by atoms with Gasteiger partial charge in [0.15, 0.2) is 11.5 Å². The van der Waals surface area contributed by atoms with Crippen LogP contribution in [0.4, 0.5) is 4.79 Å². The Morgan fingerprint density at radius 2 is 1.73 bits per heavy atom. The number of pyridine rings is 1. The second kappa shape index (κ2) is 11.6. The van der Waals surface area contributed by atoms with Gasteiger partial charge in [0.05, 0.1) is 12.1 Å². The molecule has 0 saturated carbocycles. The number of aryl methyl sites for hydroxylation is 1. The second-order valence-electron chi connectivity index (χ2n) is 11.6. The summed E-state index contributed by atoms with van der Waals surface area (Å²) in [6.07, 6.45) is 3.27. The van der Waals surface area contributed by atoms with Crippen LogP contribution < -0.4 is 19.5 Å². The molecule has 8 heteroatoms. The smallest absolute Gasteiger partial charge is 0.325 e. The van der Waals surface area contributed by atoms with Gasteiger partial charge in [0.2, 0.25) is 6.79 Å². The van der Waals surface area contributed by atoms with Crippen molar-refractivity contribution in [2.24, 2.45) is 0 Å². The number of para-hydroxylation sites is 1. The number of urea groups is 1. The molecule has 1 atom stereocenters. The maximum absolute atomic E-state index is 13.4. The fourth-order valence-corrected chi connectivity index (χ4v) is 6.14. The third kappa shape index (κ3) is 5.33. The molecule has 0 bridgehead atoms. The van der Waals surface area contributed by atoms with E-state index in [9.17, 15) is 9.59 Å². The number of nitrogens with zero attached hydrogens (tertiary/aromatic N) is 2. The van der Waals surface area contributed by atoms with Gasteiger partial charge in [0.1, 0.15) is 11.3 Å². The van der Waals surface area contributed by atoms with Gasteiger partial charge in [-0.25, -0.2) is 4.79 Å². The highest BCUT2D eigenvalue weighted by atomic mass is 16.7. The Bertz CT molecular complexity index is 1910. The third-order valence-corrected chi connectivity index (χ3v) is 8.58. The highest BCUT2D eigenvalue weighted by Gasteiger charge is 2.49. The zero-order chi connectivity index (χ0) is 31.0. The largest absolute Gasteiger partial charge is 0.494 e. The van der Waals surface area contributed by atoms with Crippen LogP contribution in [0.15, 0.2) is 97.2 Å². The van der Waals surface area contributed by atoms with Gasteiger partial charge in [-0.15, -0.1) is 0 Å². The lowest BCUT2D eigenvalue weighted by molar-refractivity contribution is -0.131. The zero-order valence-corrected chi connectivity index (χ0v) is 25.2. The molecule has 3 heterocycles. The molecule has 45 heavy (non-hydrogen) atoms. The summed E-state index contributed by atoms with van der Waals surface area (Å²) in [4.78, 5) is 32.2. The first-order valence-corrected chi connectivity index (χ1v) is 15.1. The fourth-order valence-electron chi connectivity index (χ4n) is 6.14. The lowest BCUT2D eigenvalue weighted by atomic mass is 9.91. The highest BCUT2D eigenvalue weighted by molar-refractivity contribution is 6.07. The van der Waals surface area contributed by atoms with Gasteiger partial charge in [0, 0.05) is 18.1 Å². The Kier molecular flexibility index (Phi) is 7.33. The van der Waals surface area contributed by atoms with Gasteiger partial charge < -0.3 is 19.5 Å². The topological polar surface area (TPSA) is 90.0 Å². The number of imide groups is 1. The molecule has 1 N–H and O–H groups in total. The first-order valence-electron chi connectivity index (χ1n) is 15.1. The molecule has 1 saturated heterocycles. The Morgan fingerprint density at radius 1 is 0.933 bits per heavy atom. The summed E-state index contributed by atoms with van der Waals surface area (Å²) in [6.45, 7) is 4.54. The number of hydrogen-bond donors (Lipinski definition) is 1. The summed E-state index contributed by atoms with van der Waals surface area (Å²) in [6, 6.07) is 29.7. The number of ether oxygens (including phenoxy) is 3. The summed E-state index contributed by atoms with van der Waals surface area (Å²) in [5.41, 5.74) is 6.26. The normalized spacial score (nSPS) is 17.2. The van der Waals surface area contributed by atoms with Crippen LogP contribution in [0.5, 0.6) is 17.2 Å². The summed E-state index contributed by atoms with van der Waals surface area (Å²) < 4.78 is 16.9. The molecule has 1 fully saturated rings. The molecule has 8 nitrogen and oxygen atoms in total. The second-order valence-corrected chi connectivity index (χ2v) is 11.6.